The van der Waals surface area contributed by atoms with Crippen LogP contribution in [0, 0.1) is 5.92 Å². The summed E-state index contributed by atoms with van der Waals surface area (Å²) >= 11 is 5.28. The number of anilines is 1. The Morgan fingerprint density at radius 2 is 1.79 bits per heavy atom. The maximum Gasteiger partial charge on any atom is 0.209 e. The summed E-state index contributed by atoms with van der Waals surface area (Å²) in [5.41, 5.74) is 2.08. The van der Waals surface area contributed by atoms with Gasteiger partial charge in [-0.1, -0.05) is 51.2 Å². The molecule has 0 amide bonds. The second-order valence-electron chi connectivity index (χ2n) is 6.54. The number of Topliss-reactive ketones (excluding diaryl/α,β-unsaturated/α-hetero) is 1. The number of ether oxygens (including phenoxy) is 1. The average molecular weight is 346 g/mol. The fourth-order valence-corrected chi connectivity index (χ4v) is 3.14. The molecular weight excluding hydrogens is 318 g/mol. The first-order valence-corrected chi connectivity index (χ1v) is 9.18. The zero-order valence-electron chi connectivity index (χ0n) is 14.9. The lowest BCUT2D eigenvalue weighted by Crippen LogP contribution is -2.13. The molecule has 1 heterocycles. The molecule has 2 rings (SSSR count). The third-order valence-corrected chi connectivity index (χ3v) is 4.73. The molecule has 1 saturated heterocycles. The number of hydrogen-bond donors (Lipinski definition) is 0. The van der Waals surface area contributed by atoms with Gasteiger partial charge in [-0.05, 0) is 42.4 Å². The van der Waals surface area contributed by atoms with E-state index >= 15 is 0 Å². The number of carbonyl (C=O) groups is 1. The highest BCUT2D eigenvalue weighted by molar-refractivity contribution is 7.80. The predicted molar refractivity (Wildman–Crippen MR) is 104 cm³/mol. The first kappa shape index (κ1) is 18.7. The molecule has 4 heteroatoms. The molecule has 1 aromatic carbocycles. The Morgan fingerprint density at radius 1 is 1.12 bits per heavy atom. The number of unbranched alkanes of at least 4 members (excludes halogenated alkanes) is 4. The minimum Gasteiger partial charge on any atom is -0.446 e. The number of rotatable bonds is 8. The molecule has 0 N–H and O–H groups in total. The van der Waals surface area contributed by atoms with E-state index in [0.29, 0.717) is 10.8 Å². The van der Waals surface area contributed by atoms with E-state index in [0.717, 1.165) is 30.5 Å². The standard InChI is InChI=1S/C20H27NO2S/c1-4-5-6-7-8-9-17-19(22)18(23-20(17)24)14-15-10-12-16(13-11-15)21(2)3/h10-14,17H,4-9H2,1-3H3. The van der Waals surface area contributed by atoms with Crippen LogP contribution in [0.3, 0.4) is 0 Å². The lowest BCUT2D eigenvalue weighted by Gasteiger charge is -2.11. The molecule has 3 nitrogen and oxygen atoms in total. The van der Waals surface area contributed by atoms with Gasteiger partial charge in [0.2, 0.25) is 5.78 Å². The molecule has 1 unspecified atom stereocenters. The summed E-state index contributed by atoms with van der Waals surface area (Å²) in [4.78, 5) is 14.6. The molecule has 0 saturated carbocycles. The Balaban J connectivity index is 1.97. The number of carbonyl (C=O) groups excluding carboxylic acids is 1. The molecule has 0 bridgehead atoms. The predicted octanol–water partition coefficient (Wildman–Crippen LogP) is 5.00. The highest BCUT2D eigenvalue weighted by Gasteiger charge is 2.36. The third-order valence-electron chi connectivity index (χ3n) is 4.36. The topological polar surface area (TPSA) is 29.5 Å². The zero-order chi connectivity index (χ0) is 17.5. The number of hydrogen-bond acceptors (Lipinski definition) is 4. The van der Waals surface area contributed by atoms with Crippen molar-refractivity contribution in [2.75, 3.05) is 19.0 Å². The van der Waals surface area contributed by atoms with Crippen molar-refractivity contribution in [3.05, 3.63) is 35.6 Å². The highest BCUT2D eigenvalue weighted by Crippen LogP contribution is 2.28. The van der Waals surface area contributed by atoms with E-state index in [1.54, 1.807) is 6.08 Å². The van der Waals surface area contributed by atoms with Gasteiger partial charge in [0.25, 0.3) is 0 Å². The van der Waals surface area contributed by atoms with Crippen molar-refractivity contribution < 1.29 is 9.53 Å². The smallest absolute Gasteiger partial charge is 0.209 e. The zero-order valence-corrected chi connectivity index (χ0v) is 15.7. The molecule has 130 valence electrons. The van der Waals surface area contributed by atoms with E-state index < -0.39 is 0 Å². The van der Waals surface area contributed by atoms with Crippen LogP contribution in [0.1, 0.15) is 51.0 Å². The van der Waals surface area contributed by atoms with Crippen LogP contribution >= 0.6 is 12.2 Å². The summed E-state index contributed by atoms with van der Waals surface area (Å²) in [6.45, 7) is 2.20. The van der Waals surface area contributed by atoms with Gasteiger partial charge in [-0.15, -0.1) is 0 Å². The maximum absolute atomic E-state index is 12.5. The van der Waals surface area contributed by atoms with Crippen LogP contribution in [0.2, 0.25) is 0 Å². The van der Waals surface area contributed by atoms with Gasteiger partial charge in [0, 0.05) is 19.8 Å². The highest BCUT2D eigenvalue weighted by atomic mass is 32.1. The quantitative estimate of drug-likeness (QED) is 0.377. The first-order valence-electron chi connectivity index (χ1n) is 8.78. The van der Waals surface area contributed by atoms with Crippen molar-refractivity contribution in [1.82, 2.24) is 0 Å². The summed E-state index contributed by atoms with van der Waals surface area (Å²) < 4.78 is 5.58. The normalized spacial score (nSPS) is 19.0. The van der Waals surface area contributed by atoms with Gasteiger partial charge in [-0.2, -0.15) is 0 Å². The van der Waals surface area contributed by atoms with Crippen LogP contribution in [0.4, 0.5) is 5.69 Å². The van der Waals surface area contributed by atoms with Crippen LogP contribution in [-0.4, -0.2) is 24.9 Å². The van der Waals surface area contributed by atoms with Crippen molar-refractivity contribution >= 4 is 34.8 Å². The van der Waals surface area contributed by atoms with Crippen LogP contribution < -0.4 is 4.90 Å². The van der Waals surface area contributed by atoms with Gasteiger partial charge in [0.15, 0.2) is 10.8 Å². The monoisotopic (exact) mass is 345 g/mol. The second-order valence-corrected chi connectivity index (χ2v) is 6.94. The summed E-state index contributed by atoms with van der Waals surface area (Å²) in [5.74, 6) is 0.178. The Bertz CT molecular complexity index is 605. The molecule has 0 aromatic heterocycles. The Kier molecular flexibility index (Phi) is 6.98. The molecule has 1 aliphatic rings. The number of thiocarbonyl (C=S) groups is 1. The minimum atomic E-state index is -0.242. The number of allylic oxidation sites excluding steroid dienone is 1. The van der Waals surface area contributed by atoms with E-state index in [1.165, 1.54) is 19.3 Å². The molecule has 1 atom stereocenters. The minimum absolute atomic E-state index is 0.0344. The lowest BCUT2D eigenvalue weighted by molar-refractivity contribution is -0.117. The maximum atomic E-state index is 12.5. The molecule has 0 spiro atoms. The summed E-state index contributed by atoms with van der Waals surface area (Å²) in [6, 6.07) is 8.02. The van der Waals surface area contributed by atoms with Gasteiger partial charge in [-0.25, -0.2) is 0 Å². The molecule has 1 aliphatic heterocycles. The van der Waals surface area contributed by atoms with E-state index in [1.807, 2.05) is 43.3 Å². The average Bonchev–Trinajstić information content (AvgIpc) is 2.82. The molecular formula is C20H27NO2S. The van der Waals surface area contributed by atoms with Gasteiger partial charge >= 0.3 is 0 Å². The molecule has 1 fully saturated rings. The Hall–Kier alpha value is -1.68. The van der Waals surface area contributed by atoms with Crippen LogP contribution in [0.15, 0.2) is 30.0 Å². The van der Waals surface area contributed by atoms with Crippen molar-refractivity contribution in [1.29, 1.82) is 0 Å². The van der Waals surface area contributed by atoms with Crippen LogP contribution in [0.25, 0.3) is 6.08 Å². The number of nitrogens with zero attached hydrogens (tertiary/aromatic N) is 1. The third kappa shape index (κ3) is 4.91. The molecule has 0 radical (unpaired) electrons. The lowest BCUT2D eigenvalue weighted by atomic mass is 9.97. The van der Waals surface area contributed by atoms with E-state index in [2.05, 4.69) is 6.92 Å². The molecule has 0 aliphatic carbocycles. The van der Waals surface area contributed by atoms with Gasteiger partial charge in [0.05, 0.1) is 5.92 Å². The number of ketones is 1. The van der Waals surface area contributed by atoms with Crippen molar-refractivity contribution in [2.24, 2.45) is 5.92 Å². The van der Waals surface area contributed by atoms with Crippen molar-refractivity contribution in [3.8, 4) is 0 Å². The van der Waals surface area contributed by atoms with Crippen molar-refractivity contribution in [3.63, 3.8) is 0 Å². The van der Waals surface area contributed by atoms with Crippen molar-refractivity contribution in [2.45, 2.75) is 45.4 Å². The summed E-state index contributed by atoms with van der Waals surface area (Å²) in [6.07, 6.45) is 8.50. The summed E-state index contributed by atoms with van der Waals surface area (Å²) in [7, 11) is 4.00. The molecule has 1 aromatic rings. The van der Waals surface area contributed by atoms with E-state index in [-0.39, 0.29) is 11.7 Å². The Labute approximate surface area is 150 Å². The van der Waals surface area contributed by atoms with Crippen LogP contribution in [-0.2, 0) is 9.53 Å². The number of benzene rings is 1. The Morgan fingerprint density at radius 3 is 2.42 bits per heavy atom. The SMILES string of the molecule is CCCCCCCC1C(=O)C(=Cc2ccc(N(C)C)cc2)OC1=S. The second kappa shape index (κ2) is 8.97. The molecule has 24 heavy (non-hydrogen) atoms. The van der Waals surface area contributed by atoms with Crippen LogP contribution in [0.5, 0.6) is 0 Å². The van der Waals surface area contributed by atoms with Gasteiger partial charge < -0.3 is 9.64 Å². The fraction of sp³-hybridized carbons (Fsp3) is 0.500. The fourth-order valence-electron chi connectivity index (χ4n) is 2.83. The van der Waals surface area contributed by atoms with Gasteiger partial charge in [0.1, 0.15) is 0 Å². The summed E-state index contributed by atoms with van der Waals surface area (Å²) in [5, 5.41) is 0.437. The largest absolute Gasteiger partial charge is 0.446 e. The van der Waals surface area contributed by atoms with Gasteiger partial charge in [-0.3, -0.25) is 4.79 Å². The first-order chi connectivity index (χ1) is 11.5. The van der Waals surface area contributed by atoms with E-state index in [9.17, 15) is 4.79 Å². The van der Waals surface area contributed by atoms with E-state index in [4.69, 9.17) is 17.0 Å².